The minimum absolute atomic E-state index is 0.501. The van der Waals surface area contributed by atoms with E-state index in [-0.39, 0.29) is 0 Å². The fourth-order valence-corrected chi connectivity index (χ4v) is 4.39. The van der Waals surface area contributed by atoms with Gasteiger partial charge >= 0.3 is 0 Å². The number of piperidine rings is 1. The molecule has 2 aliphatic heterocycles. The van der Waals surface area contributed by atoms with E-state index in [1.807, 2.05) is 18.5 Å². The van der Waals surface area contributed by atoms with Crippen LogP contribution in [0, 0.1) is 11.3 Å². The van der Waals surface area contributed by atoms with Gasteiger partial charge in [0, 0.05) is 44.0 Å². The first-order valence-corrected chi connectivity index (χ1v) is 8.57. The van der Waals surface area contributed by atoms with Crippen LogP contribution in [0.4, 0.5) is 5.95 Å². The predicted molar refractivity (Wildman–Crippen MR) is 84.3 cm³/mol. The van der Waals surface area contributed by atoms with E-state index in [1.165, 1.54) is 58.2 Å². The van der Waals surface area contributed by atoms with Gasteiger partial charge in [0.05, 0.1) is 0 Å². The third kappa shape index (κ3) is 2.78. The van der Waals surface area contributed by atoms with Crippen LogP contribution in [0.15, 0.2) is 18.5 Å². The van der Waals surface area contributed by atoms with E-state index < -0.39 is 0 Å². The molecule has 0 radical (unpaired) electrons. The zero-order valence-corrected chi connectivity index (χ0v) is 12.9. The first-order valence-electron chi connectivity index (χ1n) is 8.57. The SMILES string of the molecule is c1cnc(N2CCCC3(CCN(CC4CCC4)C3)C2)nc1. The summed E-state index contributed by atoms with van der Waals surface area (Å²) in [7, 11) is 0. The standard InChI is InChI=1S/C17H26N4/c1-4-15(5-1)12-20-11-7-17(13-20)6-2-10-21(14-17)16-18-8-3-9-19-16/h3,8-9,15H,1-2,4-7,10-14H2. The molecule has 0 amide bonds. The van der Waals surface area contributed by atoms with Crippen LogP contribution in [0.2, 0.25) is 0 Å². The van der Waals surface area contributed by atoms with E-state index in [4.69, 9.17) is 0 Å². The Hall–Kier alpha value is -1.16. The lowest BCUT2D eigenvalue weighted by atomic mass is 9.79. The van der Waals surface area contributed by atoms with Crippen LogP contribution < -0.4 is 4.90 Å². The number of rotatable bonds is 3. The summed E-state index contributed by atoms with van der Waals surface area (Å²) < 4.78 is 0. The van der Waals surface area contributed by atoms with Gasteiger partial charge in [0.1, 0.15) is 0 Å². The topological polar surface area (TPSA) is 32.3 Å². The Bertz CT molecular complexity index is 473. The lowest BCUT2D eigenvalue weighted by Crippen LogP contribution is -2.46. The molecule has 3 fully saturated rings. The van der Waals surface area contributed by atoms with Gasteiger partial charge in [-0.05, 0) is 50.6 Å². The van der Waals surface area contributed by atoms with Crippen LogP contribution in [0.5, 0.6) is 0 Å². The molecule has 0 bridgehead atoms. The smallest absolute Gasteiger partial charge is 0.225 e. The summed E-state index contributed by atoms with van der Waals surface area (Å²) in [6.45, 7) is 6.23. The van der Waals surface area contributed by atoms with Crippen LogP contribution in [-0.2, 0) is 0 Å². The molecule has 4 heteroatoms. The second-order valence-electron chi connectivity index (χ2n) is 7.36. The molecule has 1 aromatic heterocycles. The first kappa shape index (κ1) is 13.5. The highest BCUT2D eigenvalue weighted by Crippen LogP contribution is 2.40. The number of anilines is 1. The minimum Gasteiger partial charge on any atom is -0.340 e. The maximum Gasteiger partial charge on any atom is 0.225 e. The average molecular weight is 286 g/mol. The maximum absolute atomic E-state index is 4.45. The Morgan fingerprint density at radius 2 is 1.90 bits per heavy atom. The number of aromatic nitrogens is 2. The third-order valence-corrected chi connectivity index (χ3v) is 5.75. The summed E-state index contributed by atoms with van der Waals surface area (Å²) in [6, 6.07) is 1.90. The molecular formula is C17H26N4. The Morgan fingerprint density at radius 1 is 1.05 bits per heavy atom. The zero-order chi connectivity index (χ0) is 14.1. The Labute approximate surface area is 127 Å². The molecule has 1 saturated carbocycles. The van der Waals surface area contributed by atoms with E-state index in [9.17, 15) is 0 Å². The number of likely N-dealkylation sites (tertiary alicyclic amines) is 1. The van der Waals surface area contributed by atoms with Crippen molar-refractivity contribution in [1.29, 1.82) is 0 Å². The van der Waals surface area contributed by atoms with Crippen LogP contribution in [0.1, 0.15) is 38.5 Å². The molecule has 0 aromatic carbocycles. The Kier molecular flexibility index (Phi) is 3.57. The van der Waals surface area contributed by atoms with E-state index in [2.05, 4.69) is 19.8 Å². The van der Waals surface area contributed by atoms with Gasteiger partial charge in [0.2, 0.25) is 5.95 Å². The first-order chi connectivity index (χ1) is 10.3. The minimum atomic E-state index is 0.501. The lowest BCUT2D eigenvalue weighted by Gasteiger charge is -2.41. The molecule has 1 aliphatic carbocycles. The molecule has 1 aromatic rings. The largest absolute Gasteiger partial charge is 0.340 e. The zero-order valence-electron chi connectivity index (χ0n) is 12.9. The van der Waals surface area contributed by atoms with Gasteiger partial charge in [0.25, 0.3) is 0 Å². The van der Waals surface area contributed by atoms with E-state index in [1.54, 1.807) is 0 Å². The van der Waals surface area contributed by atoms with Crippen LogP contribution in [-0.4, -0.2) is 47.6 Å². The highest BCUT2D eigenvalue weighted by atomic mass is 15.3. The summed E-state index contributed by atoms with van der Waals surface area (Å²) in [5.74, 6) is 1.92. The van der Waals surface area contributed by atoms with Gasteiger partial charge in [-0.2, -0.15) is 0 Å². The third-order valence-electron chi connectivity index (χ3n) is 5.75. The van der Waals surface area contributed by atoms with Crippen LogP contribution in [0.25, 0.3) is 0 Å². The lowest BCUT2D eigenvalue weighted by molar-refractivity contribution is 0.172. The molecule has 3 heterocycles. The normalized spacial score (nSPS) is 30.8. The maximum atomic E-state index is 4.45. The van der Waals surface area contributed by atoms with Gasteiger partial charge in [-0.1, -0.05) is 6.42 Å². The van der Waals surface area contributed by atoms with Crippen molar-refractivity contribution in [3.05, 3.63) is 18.5 Å². The van der Waals surface area contributed by atoms with Crippen molar-refractivity contribution in [1.82, 2.24) is 14.9 Å². The molecule has 1 atom stereocenters. The summed E-state index contributed by atoms with van der Waals surface area (Å²) in [4.78, 5) is 14.0. The van der Waals surface area contributed by atoms with Crippen molar-refractivity contribution >= 4 is 5.95 Å². The van der Waals surface area contributed by atoms with E-state index in [0.717, 1.165) is 25.0 Å². The molecule has 0 N–H and O–H groups in total. The molecule has 2 saturated heterocycles. The summed E-state index contributed by atoms with van der Waals surface area (Å²) in [5, 5.41) is 0. The van der Waals surface area contributed by atoms with Gasteiger partial charge in [-0.25, -0.2) is 9.97 Å². The van der Waals surface area contributed by atoms with Crippen molar-refractivity contribution < 1.29 is 0 Å². The fraction of sp³-hybridized carbons (Fsp3) is 0.765. The Morgan fingerprint density at radius 3 is 2.67 bits per heavy atom. The van der Waals surface area contributed by atoms with Gasteiger partial charge in [-0.15, -0.1) is 0 Å². The van der Waals surface area contributed by atoms with Crippen molar-refractivity contribution in [2.45, 2.75) is 38.5 Å². The number of hydrogen-bond donors (Lipinski definition) is 0. The molecule has 4 rings (SSSR count). The van der Waals surface area contributed by atoms with Crippen LogP contribution >= 0.6 is 0 Å². The molecular weight excluding hydrogens is 260 g/mol. The molecule has 114 valence electrons. The predicted octanol–water partition coefficient (Wildman–Crippen LogP) is 2.57. The molecule has 3 aliphatic rings. The summed E-state index contributed by atoms with van der Waals surface area (Å²) in [6.07, 6.45) is 12.2. The van der Waals surface area contributed by atoms with Crippen molar-refractivity contribution in [3.63, 3.8) is 0 Å². The number of nitrogens with zero attached hydrogens (tertiary/aromatic N) is 4. The average Bonchev–Trinajstić information content (AvgIpc) is 2.86. The quantitative estimate of drug-likeness (QED) is 0.855. The Balaban J connectivity index is 1.40. The number of hydrogen-bond acceptors (Lipinski definition) is 4. The van der Waals surface area contributed by atoms with Crippen molar-refractivity contribution in [3.8, 4) is 0 Å². The second-order valence-corrected chi connectivity index (χ2v) is 7.36. The van der Waals surface area contributed by atoms with E-state index >= 15 is 0 Å². The van der Waals surface area contributed by atoms with Crippen molar-refractivity contribution in [2.24, 2.45) is 11.3 Å². The van der Waals surface area contributed by atoms with Crippen LogP contribution in [0.3, 0.4) is 0 Å². The van der Waals surface area contributed by atoms with Gasteiger partial charge in [-0.3, -0.25) is 0 Å². The molecule has 4 nitrogen and oxygen atoms in total. The van der Waals surface area contributed by atoms with E-state index in [0.29, 0.717) is 5.41 Å². The second kappa shape index (κ2) is 5.56. The molecule has 21 heavy (non-hydrogen) atoms. The summed E-state index contributed by atoms with van der Waals surface area (Å²) >= 11 is 0. The molecule has 1 spiro atoms. The van der Waals surface area contributed by atoms with Crippen molar-refractivity contribution in [2.75, 3.05) is 37.6 Å². The molecule has 1 unspecified atom stereocenters. The monoisotopic (exact) mass is 286 g/mol. The fourth-order valence-electron chi connectivity index (χ4n) is 4.39. The highest BCUT2D eigenvalue weighted by molar-refractivity contribution is 5.30. The highest BCUT2D eigenvalue weighted by Gasteiger charge is 2.42. The van der Waals surface area contributed by atoms with Gasteiger partial charge < -0.3 is 9.80 Å². The summed E-state index contributed by atoms with van der Waals surface area (Å²) in [5.41, 5.74) is 0.501. The van der Waals surface area contributed by atoms with Gasteiger partial charge in [0.15, 0.2) is 0 Å².